The second-order valence-corrected chi connectivity index (χ2v) is 5.56. The second-order valence-electron chi connectivity index (χ2n) is 5.56. The van der Waals surface area contributed by atoms with Gasteiger partial charge in [-0.1, -0.05) is 0 Å². The van der Waals surface area contributed by atoms with Crippen molar-refractivity contribution in [2.75, 3.05) is 27.2 Å². The summed E-state index contributed by atoms with van der Waals surface area (Å²) in [5.41, 5.74) is 1.41. The molecule has 0 aliphatic carbocycles. The Bertz CT molecular complexity index is 469. The molecule has 1 aromatic heterocycles. The van der Waals surface area contributed by atoms with Gasteiger partial charge in [-0.15, -0.1) is 0 Å². The molecule has 2 unspecified atom stereocenters. The van der Waals surface area contributed by atoms with E-state index in [2.05, 4.69) is 5.10 Å². The molecule has 2 atom stereocenters. The fourth-order valence-electron chi connectivity index (χ4n) is 2.69. The van der Waals surface area contributed by atoms with Gasteiger partial charge in [-0.05, 0) is 33.5 Å². The van der Waals surface area contributed by atoms with Crippen LogP contribution in [0, 0.1) is 6.92 Å². The van der Waals surface area contributed by atoms with Crippen LogP contribution >= 0.6 is 0 Å². The highest BCUT2D eigenvalue weighted by Gasteiger charge is 2.35. The lowest BCUT2D eigenvalue weighted by Crippen LogP contribution is -2.42. The summed E-state index contributed by atoms with van der Waals surface area (Å²) in [7, 11) is 5.72. The Kier molecular flexibility index (Phi) is 3.91. The van der Waals surface area contributed by atoms with Gasteiger partial charge in [-0.25, -0.2) is 0 Å². The third kappa shape index (κ3) is 2.96. The van der Waals surface area contributed by atoms with Crippen LogP contribution in [0.25, 0.3) is 0 Å². The third-order valence-corrected chi connectivity index (χ3v) is 3.45. The van der Waals surface area contributed by atoms with E-state index in [1.165, 1.54) is 0 Å². The number of amides is 1. The zero-order chi connectivity index (χ0) is 14.2. The van der Waals surface area contributed by atoms with Gasteiger partial charge in [0.15, 0.2) is 0 Å². The van der Waals surface area contributed by atoms with E-state index in [1.807, 2.05) is 25.9 Å². The molecule has 1 N–H and O–H groups in total. The van der Waals surface area contributed by atoms with Gasteiger partial charge in [0.2, 0.25) is 0 Å². The fraction of sp³-hybridized carbons (Fsp3) is 0.692. The molecular formula is C13H22N4O2. The number of likely N-dealkylation sites (N-methyl/N-ethyl adjacent to an activating group) is 1. The molecule has 0 aromatic carbocycles. The van der Waals surface area contributed by atoms with E-state index in [0.29, 0.717) is 18.7 Å². The molecule has 6 heteroatoms. The molecule has 0 saturated carbocycles. The zero-order valence-corrected chi connectivity index (χ0v) is 12.0. The quantitative estimate of drug-likeness (QED) is 0.827. The Morgan fingerprint density at radius 1 is 1.58 bits per heavy atom. The predicted octanol–water partition coefficient (Wildman–Crippen LogP) is -0.134. The van der Waals surface area contributed by atoms with E-state index in [0.717, 1.165) is 12.2 Å². The molecule has 1 fully saturated rings. The van der Waals surface area contributed by atoms with E-state index >= 15 is 0 Å². The second kappa shape index (κ2) is 5.30. The van der Waals surface area contributed by atoms with Crippen LogP contribution in [0.5, 0.6) is 0 Å². The molecule has 0 bridgehead atoms. The molecule has 0 radical (unpaired) electrons. The molecule has 2 heterocycles. The Balaban J connectivity index is 2.19. The van der Waals surface area contributed by atoms with Crippen molar-refractivity contribution in [3.63, 3.8) is 0 Å². The smallest absolute Gasteiger partial charge is 0.272 e. The lowest BCUT2D eigenvalue weighted by Gasteiger charge is -2.26. The highest BCUT2D eigenvalue weighted by Crippen LogP contribution is 2.21. The van der Waals surface area contributed by atoms with Crippen LogP contribution in [0.4, 0.5) is 0 Å². The molecule has 19 heavy (non-hydrogen) atoms. The molecule has 1 saturated heterocycles. The predicted molar refractivity (Wildman–Crippen MR) is 71.9 cm³/mol. The molecule has 106 valence electrons. The number of aliphatic hydroxyl groups is 1. The minimum atomic E-state index is -0.428. The first kappa shape index (κ1) is 14.0. The summed E-state index contributed by atoms with van der Waals surface area (Å²) in [5, 5.41) is 14.0. The van der Waals surface area contributed by atoms with Crippen LogP contribution < -0.4 is 0 Å². The average molecular weight is 266 g/mol. The zero-order valence-electron chi connectivity index (χ0n) is 12.0. The van der Waals surface area contributed by atoms with Crippen LogP contribution in [0.15, 0.2) is 6.07 Å². The molecule has 1 aromatic rings. The number of aromatic nitrogens is 2. The average Bonchev–Trinajstić information content (AvgIpc) is 2.80. The van der Waals surface area contributed by atoms with Gasteiger partial charge in [0.25, 0.3) is 5.91 Å². The molecular weight excluding hydrogens is 244 g/mol. The Hall–Kier alpha value is -1.40. The Labute approximate surface area is 113 Å². The van der Waals surface area contributed by atoms with Crippen LogP contribution in [0.3, 0.4) is 0 Å². The number of nitrogens with zero attached hydrogens (tertiary/aromatic N) is 4. The summed E-state index contributed by atoms with van der Waals surface area (Å²) in [6.45, 7) is 3.04. The lowest BCUT2D eigenvalue weighted by molar-refractivity contribution is 0.0688. The van der Waals surface area contributed by atoms with Crippen LogP contribution in [-0.2, 0) is 7.05 Å². The number of hydrogen-bond donors (Lipinski definition) is 1. The number of likely N-dealkylation sites (tertiary alicyclic amines) is 1. The normalized spacial score (nSPS) is 23.4. The van der Waals surface area contributed by atoms with Gasteiger partial charge >= 0.3 is 0 Å². The molecule has 0 spiro atoms. The van der Waals surface area contributed by atoms with Gasteiger partial charge in [0.05, 0.1) is 11.8 Å². The van der Waals surface area contributed by atoms with E-state index < -0.39 is 6.10 Å². The van der Waals surface area contributed by atoms with E-state index in [-0.39, 0.29) is 11.9 Å². The Morgan fingerprint density at radius 3 is 2.79 bits per heavy atom. The van der Waals surface area contributed by atoms with Crippen molar-refractivity contribution in [3.8, 4) is 0 Å². The summed E-state index contributed by atoms with van der Waals surface area (Å²) < 4.78 is 1.61. The maximum absolute atomic E-state index is 12.6. The first-order valence-corrected chi connectivity index (χ1v) is 6.53. The summed E-state index contributed by atoms with van der Waals surface area (Å²) in [6, 6.07) is 1.85. The SMILES string of the molecule is Cc1cc(C(=O)N2CC(O)CC2CN(C)C)n(C)n1. The summed E-state index contributed by atoms with van der Waals surface area (Å²) in [4.78, 5) is 16.4. The third-order valence-electron chi connectivity index (χ3n) is 3.45. The van der Waals surface area contributed by atoms with E-state index in [1.54, 1.807) is 22.7 Å². The van der Waals surface area contributed by atoms with Gasteiger partial charge in [-0.3, -0.25) is 9.48 Å². The molecule has 6 nitrogen and oxygen atoms in total. The minimum Gasteiger partial charge on any atom is -0.391 e. The number of β-amino-alcohol motifs (C(OH)–C–C–N with tert-alkyl or cyclic N) is 1. The van der Waals surface area contributed by atoms with Gasteiger partial charge in [-0.2, -0.15) is 5.10 Å². The fourth-order valence-corrected chi connectivity index (χ4v) is 2.69. The summed E-state index contributed by atoms with van der Waals surface area (Å²) in [6.07, 6.45) is 0.212. The van der Waals surface area contributed by atoms with Crippen molar-refractivity contribution in [3.05, 3.63) is 17.5 Å². The number of aryl methyl sites for hydroxylation is 2. The first-order valence-electron chi connectivity index (χ1n) is 6.53. The molecule has 1 aliphatic heterocycles. The number of hydrogen-bond acceptors (Lipinski definition) is 4. The maximum atomic E-state index is 12.6. The van der Waals surface area contributed by atoms with Crippen LogP contribution in [0.1, 0.15) is 22.6 Å². The van der Waals surface area contributed by atoms with Gasteiger partial charge in [0, 0.05) is 26.2 Å². The van der Waals surface area contributed by atoms with Crippen molar-refractivity contribution in [1.29, 1.82) is 0 Å². The van der Waals surface area contributed by atoms with Crippen molar-refractivity contribution < 1.29 is 9.90 Å². The van der Waals surface area contributed by atoms with E-state index in [4.69, 9.17) is 0 Å². The minimum absolute atomic E-state index is 0.0495. The highest BCUT2D eigenvalue weighted by atomic mass is 16.3. The topological polar surface area (TPSA) is 61.6 Å². The van der Waals surface area contributed by atoms with Crippen molar-refractivity contribution in [2.24, 2.45) is 7.05 Å². The monoisotopic (exact) mass is 266 g/mol. The molecule has 1 amide bonds. The van der Waals surface area contributed by atoms with Crippen LogP contribution in [0.2, 0.25) is 0 Å². The maximum Gasteiger partial charge on any atom is 0.272 e. The summed E-state index contributed by atoms with van der Waals surface area (Å²) >= 11 is 0. The van der Waals surface area contributed by atoms with Crippen LogP contribution in [-0.4, -0.2) is 69.9 Å². The van der Waals surface area contributed by atoms with Gasteiger partial charge in [0.1, 0.15) is 5.69 Å². The highest BCUT2D eigenvalue weighted by molar-refractivity contribution is 5.93. The largest absolute Gasteiger partial charge is 0.391 e. The van der Waals surface area contributed by atoms with Crippen molar-refractivity contribution in [1.82, 2.24) is 19.6 Å². The lowest BCUT2D eigenvalue weighted by atomic mass is 10.2. The number of carbonyl (C=O) groups is 1. The number of carbonyl (C=O) groups excluding carboxylic acids is 1. The van der Waals surface area contributed by atoms with E-state index in [9.17, 15) is 9.90 Å². The first-order chi connectivity index (χ1) is 8.88. The summed E-state index contributed by atoms with van der Waals surface area (Å²) in [5.74, 6) is -0.0495. The van der Waals surface area contributed by atoms with Gasteiger partial charge < -0.3 is 14.9 Å². The number of aliphatic hydroxyl groups excluding tert-OH is 1. The molecule has 1 aliphatic rings. The standard InChI is InChI=1S/C13H22N4O2/c1-9-5-12(16(4)14-9)13(19)17-8-11(18)6-10(17)7-15(2)3/h5,10-11,18H,6-8H2,1-4H3. The van der Waals surface area contributed by atoms with Crippen molar-refractivity contribution in [2.45, 2.75) is 25.5 Å². The Morgan fingerprint density at radius 2 is 2.26 bits per heavy atom. The number of rotatable bonds is 3. The molecule has 2 rings (SSSR count). The van der Waals surface area contributed by atoms with Crippen molar-refractivity contribution >= 4 is 5.91 Å².